The van der Waals surface area contributed by atoms with Crippen LogP contribution in [0.15, 0.2) is 24.3 Å². The summed E-state index contributed by atoms with van der Waals surface area (Å²) >= 11 is 0. The van der Waals surface area contributed by atoms with Gasteiger partial charge in [0.25, 0.3) is 0 Å². The van der Waals surface area contributed by atoms with Crippen LogP contribution in [0.3, 0.4) is 0 Å². The van der Waals surface area contributed by atoms with Crippen molar-refractivity contribution in [2.75, 3.05) is 0 Å². The van der Waals surface area contributed by atoms with Gasteiger partial charge in [0.15, 0.2) is 0 Å². The molecule has 1 aromatic carbocycles. The fraction of sp³-hybridized carbons (Fsp3) is 0.357. The van der Waals surface area contributed by atoms with Crippen LogP contribution in [0.4, 0.5) is 0 Å². The molecule has 0 saturated carbocycles. The van der Waals surface area contributed by atoms with Crippen molar-refractivity contribution in [3.8, 4) is 22.9 Å². The summed E-state index contributed by atoms with van der Waals surface area (Å²) < 4.78 is 7.14. The Kier molecular flexibility index (Phi) is 3.28. The standard InChI is InChI=1S/C14H18N2O2/c1-9(2)18-13-6-5-11(7-10(13)3)12-8-14(17)16(4)15-12/h5-9,17H,1-4H3. The predicted molar refractivity (Wildman–Crippen MR) is 70.8 cm³/mol. The summed E-state index contributed by atoms with van der Waals surface area (Å²) in [5, 5.41) is 13.8. The molecule has 18 heavy (non-hydrogen) atoms. The van der Waals surface area contributed by atoms with Crippen LogP contribution in [-0.2, 0) is 7.05 Å². The minimum absolute atomic E-state index is 0.158. The van der Waals surface area contributed by atoms with Gasteiger partial charge in [0.1, 0.15) is 5.75 Å². The third-order valence-electron chi connectivity index (χ3n) is 2.69. The quantitative estimate of drug-likeness (QED) is 0.905. The highest BCUT2D eigenvalue weighted by atomic mass is 16.5. The summed E-state index contributed by atoms with van der Waals surface area (Å²) in [5.41, 5.74) is 2.79. The first-order valence-electron chi connectivity index (χ1n) is 5.98. The molecular formula is C14H18N2O2. The number of aromatic hydroxyl groups is 1. The lowest BCUT2D eigenvalue weighted by molar-refractivity contribution is 0.241. The predicted octanol–water partition coefficient (Wildman–Crippen LogP) is 2.89. The maximum atomic E-state index is 9.52. The summed E-state index contributed by atoms with van der Waals surface area (Å²) in [6.45, 7) is 6.01. The Morgan fingerprint density at radius 1 is 1.28 bits per heavy atom. The van der Waals surface area contributed by atoms with E-state index in [-0.39, 0.29) is 12.0 Å². The fourth-order valence-electron chi connectivity index (χ4n) is 1.79. The molecule has 0 unspecified atom stereocenters. The van der Waals surface area contributed by atoms with Crippen LogP contribution >= 0.6 is 0 Å². The molecule has 2 rings (SSSR count). The van der Waals surface area contributed by atoms with E-state index in [0.717, 1.165) is 22.6 Å². The lowest BCUT2D eigenvalue weighted by Gasteiger charge is -2.12. The number of nitrogens with zero attached hydrogens (tertiary/aromatic N) is 2. The zero-order chi connectivity index (χ0) is 13.3. The molecule has 4 nitrogen and oxygen atoms in total. The van der Waals surface area contributed by atoms with E-state index in [2.05, 4.69) is 5.10 Å². The zero-order valence-corrected chi connectivity index (χ0v) is 11.1. The van der Waals surface area contributed by atoms with Gasteiger partial charge in [-0.1, -0.05) is 0 Å². The van der Waals surface area contributed by atoms with Gasteiger partial charge in [-0.25, -0.2) is 4.68 Å². The average Bonchev–Trinajstić information content (AvgIpc) is 2.62. The minimum Gasteiger partial charge on any atom is -0.493 e. The molecule has 4 heteroatoms. The topological polar surface area (TPSA) is 47.3 Å². The van der Waals surface area contributed by atoms with Gasteiger partial charge >= 0.3 is 0 Å². The van der Waals surface area contributed by atoms with Gasteiger partial charge in [-0.3, -0.25) is 0 Å². The molecular weight excluding hydrogens is 228 g/mol. The largest absolute Gasteiger partial charge is 0.493 e. The number of aryl methyl sites for hydroxylation is 2. The summed E-state index contributed by atoms with van der Waals surface area (Å²) in [6.07, 6.45) is 0.161. The first-order valence-corrected chi connectivity index (χ1v) is 5.98. The fourth-order valence-corrected chi connectivity index (χ4v) is 1.79. The molecule has 0 fully saturated rings. The highest BCUT2D eigenvalue weighted by molar-refractivity contribution is 5.62. The number of benzene rings is 1. The van der Waals surface area contributed by atoms with E-state index in [4.69, 9.17) is 4.74 Å². The molecule has 96 valence electrons. The molecule has 1 N–H and O–H groups in total. The second kappa shape index (κ2) is 4.72. The molecule has 0 saturated heterocycles. The van der Waals surface area contributed by atoms with Crippen molar-refractivity contribution in [1.82, 2.24) is 9.78 Å². The number of aromatic nitrogens is 2. The maximum Gasteiger partial charge on any atom is 0.209 e. The maximum absolute atomic E-state index is 9.52. The Morgan fingerprint density at radius 2 is 2.00 bits per heavy atom. The van der Waals surface area contributed by atoms with Crippen LogP contribution in [0.1, 0.15) is 19.4 Å². The summed E-state index contributed by atoms with van der Waals surface area (Å²) in [4.78, 5) is 0. The van der Waals surface area contributed by atoms with E-state index < -0.39 is 0 Å². The van der Waals surface area contributed by atoms with Crippen LogP contribution < -0.4 is 4.74 Å². The Hall–Kier alpha value is -1.97. The van der Waals surface area contributed by atoms with Crippen molar-refractivity contribution < 1.29 is 9.84 Å². The van der Waals surface area contributed by atoms with E-state index in [1.165, 1.54) is 4.68 Å². The second-order valence-corrected chi connectivity index (χ2v) is 4.66. The highest BCUT2D eigenvalue weighted by Gasteiger charge is 2.09. The molecule has 0 aliphatic carbocycles. The molecule has 0 radical (unpaired) electrons. The highest BCUT2D eigenvalue weighted by Crippen LogP contribution is 2.27. The first kappa shape index (κ1) is 12.5. The van der Waals surface area contributed by atoms with Crippen molar-refractivity contribution in [1.29, 1.82) is 0 Å². The monoisotopic (exact) mass is 246 g/mol. The Bertz CT molecular complexity index is 539. The zero-order valence-electron chi connectivity index (χ0n) is 11.1. The molecule has 1 aromatic heterocycles. The smallest absolute Gasteiger partial charge is 0.209 e. The van der Waals surface area contributed by atoms with Crippen molar-refractivity contribution in [2.45, 2.75) is 26.9 Å². The second-order valence-electron chi connectivity index (χ2n) is 4.66. The van der Waals surface area contributed by atoms with Gasteiger partial charge < -0.3 is 9.84 Å². The summed E-state index contributed by atoms with van der Waals surface area (Å²) in [5.74, 6) is 1.04. The lowest BCUT2D eigenvalue weighted by atomic mass is 10.1. The molecule has 0 atom stereocenters. The number of hydrogen-bond acceptors (Lipinski definition) is 3. The van der Waals surface area contributed by atoms with Gasteiger partial charge in [-0.05, 0) is 44.5 Å². The average molecular weight is 246 g/mol. The number of ether oxygens (including phenoxy) is 1. The molecule has 1 heterocycles. The summed E-state index contributed by atoms with van der Waals surface area (Å²) in [6, 6.07) is 7.56. The number of rotatable bonds is 3. The lowest BCUT2D eigenvalue weighted by Crippen LogP contribution is -2.06. The Balaban J connectivity index is 2.33. The van der Waals surface area contributed by atoms with E-state index in [0.29, 0.717) is 0 Å². The van der Waals surface area contributed by atoms with Crippen molar-refractivity contribution in [3.05, 3.63) is 29.8 Å². The Labute approximate surface area is 107 Å². The molecule has 0 spiro atoms. The van der Waals surface area contributed by atoms with Gasteiger partial charge in [-0.2, -0.15) is 5.10 Å². The SMILES string of the molecule is Cc1cc(-c2cc(O)n(C)n2)ccc1OC(C)C. The normalized spacial score (nSPS) is 10.9. The van der Waals surface area contributed by atoms with E-state index in [9.17, 15) is 5.11 Å². The van der Waals surface area contributed by atoms with Crippen LogP contribution in [0.25, 0.3) is 11.3 Å². The minimum atomic E-state index is 0.158. The molecule has 0 aliphatic rings. The first-order chi connectivity index (χ1) is 8.47. The molecule has 0 amide bonds. The van der Waals surface area contributed by atoms with E-state index >= 15 is 0 Å². The molecule has 0 aliphatic heterocycles. The van der Waals surface area contributed by atoms with Gasteiger partial charge in [0.05, 0.1) is 11.8 Å². The van der Waals surface area contributed by atoms with E-state index in [1.807, 2.05) is 39.0 Å². The van der Waals surface area contributed by atoms with Crippen molar-refractivity contribution in [2.24, 2.45) is 7.05 Å². The number of hydrogen-bond donors (Lipinski definition) is 1. The van der Waals surface area contributed by atoms with Crippen molar-refractivity contribution in [3.63, 3.8) is 0 Å². The van der Waals surface area contributed by atoms with Gasteiger partial charge in [-0.15, -0.1) is 0 Å². The molecule has 0 bridgehead atoms. The van der Waals surface area contributed by atoms with Gasteiger partial charge in [0, 0.05) is 18.7 Å². The van der Waals surface area contributed by atoms with Crippen LogP contribution in [0.2, 0.25) is 0 Å². The third kappa shape index (κ3) is 2.47. The van der Waals surface area contributed by atoms with Crippen molar-refractivity contribution >= 4 is 0 Å². The van der Waals surface area contributed by atoms with Crippen LogP contribution in [0.5, 0.6) is 11.6 Å². The van der Waals surface area contributed by atoms with Crippen LogP contribution in [-0.4, -0.2) is 21.0 Å². The third-order valence-corrected chi connectivity index (χ3v) is 2.69. The summed E-state index contributed by atoms with van der Waals surface area (Å²) in [7, 11) is 1.71. The van der Waals surface area contributed by atoms with E-state index in [1.54, 1.807) is 13.1 Å². The van der Waals surface area contributed by atoms with Gasteiger partial charge in [0.2, 0.25) is 5.88 Å². The molecule has 2 aromatic rings. The Morgan fingerprint density at radius 3 is 2.50 bits per heavy atom. The van der Waals surface area contributed by atoms with Crippen LogP contribution in [0, 0.1) is 6.92 Å².